The fourth-order valence-electron chi connectivity index (χ4n) is 3.35. The lowest BCUT2D eigenvalue weighted by Crippen LogP contribution is -2.14. The summed E-state index contributed by atoms with van der Waals surface area (Å²) in [5.41, 5.74) is 1.56. The van der Waals surface area contributed by atoms with E-state index in [0.717, 1.165) is 66.9 Å². The summed E-state index contributed by atoms with van der Waals surface area (Å²) in [6.07, 6.45) is 4.36. The van der Waals surface area contributed by atoms with Crippen molar-refractivity contribution in [3.05, 3.63) is 59.9 Å². The number of carbonyl (C=O) groups is 1. The van der Waals surface area contributed by atoms with Crippen molar-refractivity contribution in [1.29, 1.82) is 0 Å². The van der Waals surface area contributed by atoms with E-state index in [-0.39, 0.29) is 11.7 Å². The van der Waals surface area contributed by atoms with Crippen LogP contribution in [0.4, 0.5) is 14.5 Å². The van der Waals surface area contributed by atoms with Gasteiger partial charge in [0.1, 0.15) is 5.82 Å². The summed E-state index contributed by atoms with van der Waals surface area (Å²) >= 11 is 1.15. The van der Waals surface area contributed by atoms with Gasteiger partial charge in [-0.05, 0) is 43.2 Å². The normalized spacial score (nSPS) is 13.6. The number of nitrogens with zero attached hydrogens (tertiary/aromatic N) is 3. The van der Waals surface area contributed by atoms with Gasteiger partial charge in [-0.3, -0.25) is 4.79 Å². The number of aromatic nitrogens is 3. The second kappa shape index (κ2) is 8.73. The van der Waals surface area contributed by atoms with Crippen LogP contribution in [-0.4, -0.2) is 26.4 Å². The zero-order valence-corrected chi connectivity index (χ0v) is 16.5. The van der Waals surface area contributed by atoms with Gasteiger partial charge in [-0.25, -0.2) is 8.78 Å². The van der Waals surface area contributed by atoms with Crippen molar-refractivity contribution in [2.45, 2.75) is 37.1 Å². The molecule has 1 aliphatic rings. The number of nitrogens with one attached hydrogen (secondary N) is 1. The average Bonchev–Trinajstić information content (AvgIpc) is 2.97. The van der Waals surface area contributed by atoms with Gasteiger partial charge in [0.25, 0.3) is 0 Å². The molecule has 0 unspecified atom stereocenters. The predicted molar refractivity (Wildman–Crippen MR) is 109 cm³/mol. The van der Waals surface area contributed by atoms with E-state index < -0.39 is 11.6 Å². The maximum absolute atomic E-state index is 13.3. The Hall–Kier alpha value is -2.74. The molecule has 8 heteroatoms. The number of hydrogen-bond donors (Lipinski definition) is 1. The third-order valence-electron chi connectivity index (χ3n) is 4.78. The van der Waals surface area contributed by atoms with Crippen LogP contribution in [0.25, 0.3) is 11.4 Å². The van der Waals surface area contributed by atoms with E-state index in [1.165, 1.54) is 12.5 Å². The number of halogens is 2. The number of rotatable bonds is 5. The highest BCUT2D eigenvalue weighted by atomic mass is 32.2. The van der Waals surface area contributed by atoms with Gasteiger partial charge >= 0.3 is 0 Å². The summed E-state index contributed by atoms with van der Waals surface area (Å²) in [4.78, 5) is 12.8. The van der Waals surface area contributed by atoms with Gasteiger partial charge in [-0.15, -0.1) is 22.0 Å². The molecule has 5 nitrogen and oxygen atoms in total. The first-order valence-corrected chi connectivity index (χ1v) is 10.5. The van der Waals surface area contributed by atoms with Crippen LogP contribution in [0.3, 0.4) is 0 Å². The molecule has 0 spiro atoms. The van der Waals surface area contributed by atoms with E-state index in [1.807, 2.05) is 24.3 Å². The van der Waals surface area contributed by atoms with Gasteiger partial charge in [-0.1, -0.05) is 18.6 Å². The second-order valence-electron chi connectivity index (χ2n) is 6.90. The summed E-state index contributed by atoms with van der Waals surface area (Å²) in [5.74, 6) is -0.131. The van der Waals surface area contributed by atoms with Gasteiger partial charge in [-0.2, -0.15) is 0 Å². The molecule has 2 aromatic carbocycles. The number of fused-ring (bicyclic) bond motifs is 1. The molecule has 0 aliphatic carbocycles. The van der Waals surface area contributed by atoms with Gasteiger partial charge in [0.2, 0.25) is 5.91 Å². The number of amides is 1. The lowest BCUT2D eigenvalue weighted by atomic mass is 10.2. The number of thioether (sulfide) groups is 1. The highest BCUT2D eigenvalue weighted by Crippen LogP contribution is 2.25. The average molecular weight is 414 g/mol. The van der Waals surface area contributed by atoms with Crippen LogP contribution in [0, 0.1) is 11.6 Å². The Morgan fingerprint density at radius 1 is 1.07 bits per heavy atom. The van der Waals surface area contributed by atoms with Crippen LogP contribution < -0.4 is 5.32 Å². The van der Waals surface area contributed by atoms with Crippen LogP contribution in [-0.2, 0) is 17.8 Å². The smallest absolute Gasteiger partial charge is 0.234 e. The molecule has 0 atom stereocenters. The van der Waals surface area contributed by atoms with Gasteiger partial charge < -0.3 is 9.88 Å². The van der Waals surface area contributed by atoms with Crippen molar-refractivity contribution in [1.82, 2.24) is 14.8 Å². The predicted octanol–water partition coefficient (Wildman–Crippen LogP) is 4.68. The Labute approximate surface area is 171 Å². The van der Waals surface area contributed by atoms with Crippen molar-refractivity contribution >= 4 is 23.4 Å². The summed E-state index contributed by atoms with van der Waals surface area (Å²) in [7, 11) is 0. The molecule has 1 amide bonds. The maximum atomic E-state index is 13.3. The molecule has 0 radical (unpaired) electrons. The van der Waals surface area contributed by atoms with E-state index in [0.29, 0.717) is 10.6 Å². The molecule has 4 rings (SSSR count). The minimum Gasteiger partial charge on any atom is -0.325 e. The molecule has 0 bridgehead atoms. The number of benzene rings is 2. The SMILES string of the molecule is O=C(CSc1ccc(F)c(F)c1)Nc1cccc(-c2nnc3n2CCCCC3)c1. The molecule has 1 aromatic heterocycles. The number of aryl methyl sites for hydroxylation is 1. The van der Waals surface area contributed by atoms with Crippen molar-refractivity contribution in [2.75, 3.05) is 11.1 Å². The summed E-state index contributed by atoms with van der Waals surface area (Å²) in [5, 5.41) is 11.5. The molecular formula is C21H20F2N4OS. The minimum atomic E-state index is -0.921. The first-order valence-electron chi connectivity index (χ1n) is 9.50. The summed E-state index contributed by atoms with van der Waals surface area (Å²) in [6, 6.07) is 11.1. The molecular weight excluding hydrogens is 394 g/mol. The zero-order chi connectivity index (χ0) is 20.2. The standard InChI is InChI=1S/C21H20F2N4OS/c22-17-9-8-16(12-18(17)23)29-13-20(28)24-15-6-4-5-14(11-15)21-26-25-19-7-2-1-3-10-27(19)21/h4-6,8-9,11-12H,1-3,7,10,13H2,(H,24,28). The first kappa shape index (κ1) is 19.6. The lowest BCUT2D eigenvalue weighted by Gasteiger charge is -2.09. The Bertz CT molecular complexity index is 1040. The van der Waals surface area contributed by atoms with E-state index in [4.69, 9.17) is 0 Å². The van der Waals surface area contributed by atoms with E-state index in [2.05, 4.69) is 20.1 Å². The number of anilines is 1. The van der Waals surface area contributed by atoms with Gasteiger partial charge in [0.05, 0.1) is 5.75 Å². The van der Waals surface area contributed by atoms with E-state index in [1.54, 1.807) is 0 Å². The Morgan fingerprint density at radius 3 is 2.83 bits per heavy atom. The van der Waals surface area contributed by atoms with Crippen LogP contribution in [0.15, 0.2) is 47.4 Å². The highest BCUT2D eigenvalue weighted by Gasteiger charge is 2.16. The van der Waals surface area contributed by atoms with Crippen molar-refractivity contribution in [2.24, 2.45) is 0 Å². The van der Waals surface area contributed by atoms with Crippen LogP contribution >= 0.6 is 11.8 Å². The van der Waals surface area contributed by atoms with Gasteiger partial charge in [0, 0.05) is 29.1 Å². The quantitative estimate of drug-likeness (QED) is 0.616. The molecule has 0 fully saturated rings. The van der Waals surface area contributed by atoms with Crippen LogP contribution in [0.1, 0.15) is 25.1 Å². The van der Waals surface area contributed by atoms with E-state index >= 15 is 0 Å². The molecule has 29 heavy (non-hydrogen) atoms. The molecule has 2 heterocycles. The van der Waals surface area contributed by atoms with Crippen molar-refractivity contribution in [3.8, 4) is 11.4 Å². The second-order valence-corrected chi connectivity index (χ2v) is 7.94. The lowest BCUT2D eigenvalue weighted by molar-refractivity contribution is -0.113. The maximum Gasteiger partial charge on any atom is 0.234 e. The minimum absolute atomic E-state index is 0.0929. The van der Waals surface area contributed by atoms with Crippen LogP contribution in [0.2, 0.25) is 0 Å². The molecule has 0 saturated heterocycles. The Morgan fingerprint density at radius 2 is 1.97 bits per heavy atom. The monoisotopic (exact) mass is 414 g/mol. The number of carbonyl (C=O) groups excluding carboxylic acids is 1. The van der Waals surface area contributed by atoms with Gasteiger partial charge in [0.15, 0.2) is 17.5 Å². The molecule has 1 aliphatic heterocycles. The topological polar surface area (TPSA) is 59.8 Å². The van der Waals surface area contributed by atoms with Crippen molar-refractivity contribution < 1.29 is 13.6 Å². The molecule has 150 valence electrons. The molecule has 1 N–H and O–H groups in total. The fraction of sp³-hybridized carbons (Fsp3) is 0.286. The fourth-order valence-corrected chi connectivity index (χ4v) is 4.07. The Kier molecular flexibility index (Phi) is 5.89. The third-order valence-corrected chi connectivity index (χ3v) is 5.77. The van der Waals surface area contributed by atoms with E-state index in [9.17, 15) is 13.6 Å². The van der Waals surface area contributed by atoms with Crippen LogP contribution in [0.5, 0.6) is 0 Å². The van der Waals surface area contributed by atoms with Crippen molar-refractivity contribution in [3.63, 3.8) is 0 Å². The third kappa shape index (κ3) is 4.64. The summed E-state index contributed by atoms with van der Waals surface area (Å²) in [6.45, 7) is 0.902. The largest absolute Gasteiger partial charge is 0.325 e. The molecule has 0 saturated carbocycles. The summed E-state index contributed by atoms with van der Waals surface area (Å²) < 4.78 is 28.4. The zero-order valence-electron chi connectivity index (χ0n) is 15.7. The Balaban J connectivity index is 1.43. The number of hydrogen-bond acceptors (Lipinski definition) is 4. The first-order chi connectivity index (χ1) is 14.1. The molecule has 3 aromatic rings. The highest BCUT2D eigenvalue weighted by molar-refractivity contribution is 8.00.